The number of hydrogen-bond acceptors (Lipinski definition) is 4. The van der Waals surface area contributed by atoms with Crippen LogP contribution in [0.2, 0.25) is 0 Å². The van der Waals surface area contributed by atoms with Crippen LogP contribution >= 0.6 is 0 Å². The Labute approximate surface area is 114 Å². The predicted octanol–water partition coefficient (Wildman–Crippen LogP) is 1.28. The van der Waals surface area contributed by atoms with Crippen molar-refractivity contribution < 1.29 is 13.2 Å². The lowest BCUT2D eigenvalue weighted by molar-refractivity contribution is 0.0957. The summed E-state index contributed by atoms with van der Waals surface area (Å²) in [6.07, 6.45) is 0. The minimum Gasteiger partial charge on any atom is -0.385 e. The van der Waals surface area contributed by atoms with Crippen molar-refractivity contribution in [1.29, 1.82) is 0 Å². The lowest BCUT2D eigenvalue weighted by Gasteiger charge is -2.10. The second-order valence-corrected chi connectivity index (χ2v) is 6.54. The molecule has 1 amide bonds. The minimum absolute atomic E-state index is 0.0292. The Balaban J connectivity index is 2.64. The molecule has 0 spiro atoms. The van der Waals surface area contributed by atoms with E-state index in [1.165, 1.54) is 0 Å². The van der Waals surface area contributed by atoms with E-state index >= 15 is 0 Å². The Morgan fingerprint density at radius 2 is 1.89 bits per heavy atom. The average Bonchev–Trinajstić information content (AvgIpc) is 2.39. The van der Waals surface area contributed by atoms with E-state index in [0.29, 0.717) is 12.1 Å². The summed E-state index contributed by atoms with van der Waals surface area (Å²) in [6.45, 7) is 4.39. The van der Waals surface area contributed by atoms with E-state index in [-0.39, 0.29) is 24.0 Å². The molecule has 0 bridgehead atoms. The number of para-hydroxylation sites is 1. The summed E-state index contributed by atoms with van der Waals surface area (Å²) in [4.78, 5) is 12.0. The molecule has 2 N–H and O–H groups in total. The summed E-state index contributed by atoms with van der Waals surface area (Å²) in [5.74, 6) is -0.196. The van der Waals surface area contributed by atoms with Crippen LogP contribution in [0.15, 0.2) is 24.3 Å². The third kappa shape index (κ3) is 4.90. The van der Waals surface area contributed by atoms with Crippen LogP contribution in [-0.4, -0.2) is 38.9 Å². The summed E-state index contributed by atoms with van der Waals surface area (Å²) >= 11 is 0. The smallest absolute Gasteiger partial charge is 0.253 e. The van der Waals surface area contributed by atoms with E-state index in [2.05, 4.69) is 10.6 Å². The molecule has 106 valence electrons. The molecule has 0 radical (unpaired) electrons. The molecule has 6 heteroatoms. The molecule has 5 nitrogen and oxygen atoms in total. The molecule has 0 atom stereocenters. The van der Waals surface area contributed by atoms with E-state index in [1.54, 1.807) is 19.1 Å². The van der Waals surface area contributed by atoms with Gasteiger partial charge in [0.15, 0.2) is 9.84 Å². The zero-order chi connectivity index (χ0) is 14.3. The SMILES string of the molecule is CCNc1ccccc1C(=O)NCCS(=O)(=O)CC. The van der Waals surface area contributed by atoms with Gasteiger partial charge in [-0.15, -0.1) is 0 Å². The molecule has 0 saturated carbocycles. The standard InChI is InChI=1S/C13H20N2O3S/c1-3-14-12-8-6-5-7-11(12)13(16)15-9-10-19(17,18)4-2/h5-8,14H,3-4,9-10H2,1-2H3,(H,15,16). The molecule has 1 aromatic carbocycles. The first kappa shape index (κ1) is 15.5. The minimum atomic E-state index is -3.05. The second kappa shape index (κ2) is 7.13. The Morgan fingerprint density at radius 1 is 1.21 bits per heavy atom. The summed E-state index contributed by atoms with van der Waals surface area (Å²) in [5, 5.41) is 5.73. The van der Waals surface area contributed by atoms with E-state index in [1.807, 2.05) is 19.1 Å². The molecule has 0 aliphatic rings. The van der Waals surface area contributed by atoms with Gasteiger partial charge in [-0.3, -0.25) is 4.79 Å². The fourth-order valence-corrected chi connectivity index (χ4v) is 2.29. The molecule has 0 saturated heterocycles. The van der Waals surface area contributed by atoms with Crippen molar-refractivity contribution in [2.75, 3.05) is 29.9 Å². The summed E-state index contributed by atoms with van der Waals surface area (Å²) in [7, 11) is -3.05. The third-order valence-corrected chi connectivity index (χ3v) is 4.38. The van der Waals surface area contributed by atoms with Gasteiger partial charge < -0.3 is 10.6 Å². The maximum absolute atomic E-state index is 12.0. The molecule has 0 unspecified atom stereocenters. The number of carbonyl (C=O) groups excluding carboxylic acids is 1. The Bertz CT molecular complexity index is 526. The maximum atomic E-state index is 12.0. The first-order valence-corrected chi connectivity index (χ1v) is 8.13. The van der Waals surface area contributed by atoms with E-state index < -0.39 is 9.84 Å². The first-order valence-electron chi connectivity index (χ1n) is 6.31. The quantitative estimate of drug-likeness (QED) is 0.791. The number of carbonyl (C=O) groups is 1. The van der Waals surface area contributed by atoms with Crippen LogP contribution in [0, 0.1) is 0 Å². The van der Waals surface area contributed by atoms with Gasteiger partial charge in [-0.25, -0.2) is 8.42 Å². The molecule has 0 heterocycles. The number of hydrogen-bond donors (Lipinski definition) is 2. The fourth-order valence-electron chi connectivity index (χ4n) is 1.59. The number of rotatable bonds is 7. The molecule has 0 aromatic heterocycles. The van der Waals surface area contributed by atoms with Crippen molar-refractivity contribution in [3.8, 4) is 0 Å². The van der Waals surface area contributed by atoms with E-state index in [9.17, 15) is 13.2 Å². The molecule has 0 aliphatic heterocycles. The monoisotopic (exact) mass is 284 g/mol. The van der Waals surface area contributed by atoms with Crippen LogP contribution in [0.5, 0.6) is 0 Å². The highest BCUT2D eigenvalue weighted by Gasteiger charge is 2.12. The van der Waals surface area contributed by atoms with Crippen LogP contribution in [0.3, 0.4) is 0 Å². The molecule has 0 fully saturated rings. The van der Waals surface area contributed by atoms with Gasteiger partial charge >= 0.3 is 0 Å². The molecule has 1 rings (SSSR count). The van der Waals surface area contributed by atoms with Gasteiger partial charge in [0.2, 0.25) is 0 Å². The second-order valence-electron chi connectivity index (χ2n) is 4.07. The lowest BCUT2D eigenvalue weighted by Crippen LogP contribution is -2.30. The largest absolute Gasteiger partial charge is 0.385 e. The molecule has 0 aliphatic carbocycles. The van der Waals surface area contributed by atoms with Gasteiger partial charge in [0.1, 0.15) is 0 Å². The van der Waals surface area contributed by atoms with E-state index in [4.69, 9.17) is 0 Å². The van der Waals surface area contributed by atoms with Crippen LogP contribution < -0.4 is 10.6 Å². The molecular weight excluding hydrogens is 264 g/mol. The fraction of sp³-hybridized carbons (Fsp3) is 0.462. The van der Waals surface area contributed by atoms with Crippen LogP contribution in [-0.2, 0) is 9.84 Å². The lowest BCUT2D eigenvalue weighted by atomic mass is 10.1. The third-order valence-electron chi connectivity index (χ3n) is 2.68. The van der Waals surface area contributed by atoms with Crippen molar-refractivity contribution in [3.63, 3.8) is 0 Å². The number of nitrogens with one attached hydrogen (secondary N) is 2. The summed E-state index contributed by atoms with van der Waals surface area (Å²) in [5.41, 5.74) is 1.28. The van der Waals surface area contributed by atoms with E-state index in [0.717, 1.165) is 5.69 Å². The molecule has 1 aromatic rings. The van der Waals surface area contributed by atoms with Crippen molar-refractivity contribution in [3.05, 3.63) is 29.8 Å². The Morgan fingerprint density at radius 3 is 2.53 bits per heavy atom. The van der Waals surface area contributed by atoms with Gasteiger partial charge in [0, 0.05) is 24.5 Å². The number of amides is 1. The number of benzene rings is 1. The Hall–Kier alpha value is -1.56. The summed E-state index contributed by atoms with van der Waals surface area (Å²) in [6, 6.07) is 7.15. The molecule has 19 heavy (non-hydrogen) atoms. The highest BCUT2D eigenvalue weighted by Crippen LogP contribution is 2.14. The summed E-state index contributed by atoms with van der Waals surface area (Å²) < 4.78 is 22.6. The van der Waals surface area contributed by atoms with Gasteiger partial charge in [-0.2, -0.15) is 0 Å². The zero-order valence-electron chi connectivity index (χ0n) is 11.3. The topological polar surface area (TPSA) is 75.3 Å². The zero-order valence-corrected chi connectivity index (χ0v) is 12.1. The van der Waals surface area contributed by atoms with Crippen molar-refractivity contribution in [1.82, 2.24) is 5.32 Å². The van der Waals surface area contributed by atoms with Crippen LogP contribution in [0.1, 0.15) is 24.2 Å². The van der Waals surface area contributed by atoms with Crippen LogP contribution in [0.4, 0.5) is 5.69 Å². The van der Waals surface area contributed by atoms with Gasteiger partial charge in [0.05, 0.1) is 11.3 Å². The van der Waals surface area contributed by atoms with Crippen molar-refractivity contribution in [2.45, 2.75) is 13.8 Å². The van der Waals surface area contributed by atoms with Gasteiger partial charge in [-0.05, 0) is 19.1 Å². The van der Waals surface area contributed by atoms with Crippen LogP contribution in [0.25, 0.3) is 0 Å². The van der Waals surface area contributed by atoms with Crippen molar-refractivity contribution in [2.24, 2.45) is 0 Å². The molecular formula is C13H20N2O3S. The number of anilines is 1. The number of sulfone groups is 1. The highest BCUT2D eigenvalue weighted by molar-refractivity contribution is 7.91. The average molecular weight is 284 g/mol. The van der Waals surface area contributed by atoms with Gasteiger partial charge in [-0.1, -0.05) is 19.1 Å². The van der Waals surface area contributed by atoms with Crippen molar-refractivity contribution >= 4 is 21.4 Å². The normalized spacial score (nSPS) is 11.1. The van der Waals surface area contributed by atoms with Gasteiger partial charge in [0.25, 0.3) is 5.91 Å². The Kier molecular flexibility index (Phi) is 5.82. The highest BCUT2D eigenvalue weighted by atomic mass is 32.2. The predicted molar refractivity (Wildman–Crippen MR) is 77.3 cm³/mol. The first-order chi connectivity index (χ1) is 9.00. The maximum Gasteiger partial charge on any atom is 0.253 e.